The van der Waals surface area contributed by atoms with Crippen LogP contribution in [0, 0.1) is 6.92 Å². The van der Waals surface area contributed by atoms with Crippen molar-refractivity contribution in [3.05, 3.63) is 47.7 Å². The Morgan fingerprint density at radius 1 is 1.24 bits per heavy atom. The van der Waals surface area contributed by atoms with Gasteiger partial charge in [-0.05, 0) is 38.5 Å². The van der Waals surface area contributed by atoms with Crippen LogP contribution in [0.3, 0.4) is 0 Å². The summed E-state index contributed by atoms with van der Waals surface area (Å²) in [4.78, 5) is 15.0. The first-order chi connectivity index (χ1) is 9.95. The quantitative estimate of drug-likeness (QED) is 0.788. The van der Waals surface area contributed by atoms with E-state index in [1.165, 1.54) is 0 Å². The van der Waals surface area contributed by atoms with Crippen molar-refractivity contribution >= 4 is 11.7 Å². The Balaban J connectivity index is 1.99. The highest BCUT2D eigenvalue weighted by atomic mass is 16.4. The van der Waals surface area contributed by atoms with Gasteiger partial charge in [-0.25, -0.2) is 9.78 Å². The van der Waals surface area contributed by atoms with Crippen LogP contribution in [0.4, 0.5) is 10.5 Å². The summed E-state index contributed by atoms with van der Waals surface area (Å²) in [6, 6.07) is 7.08. The van der Waals surface area contributed by atoms with Gasteiger partial charge in [0.15, 0.2) is 0 Å². The van der Waals surface area contributed by atoms with E-state index in [9.17, 15) is 4.79 Å². The molecule has 0 bridgehead atoms. The second kappa shape index (κ2) is 6.41. The van der Waals surface area contributed by atoms with Gasteiger partial charge >= 0.3 is 6.03 Å². The Labute approximate surface area is 123 Å². The lowest BCUT2D eigenvalue weighted by Crippen LogP contribution is -2.23. The molecule has 0 aliphatic carbocycles. The summed E-state index contributed by atoms with van der Waals surface area (Å²) in [5, 5.41) is 5.95. The van der Waals surface area contributed by atoms with Gasteiger partial charge in [0, 0.05) is 11.7 Å². The van der Waals surface area contributed by atoms with Gasteiger partial charge in [-0.2, -0.15) is 0 Å². The minimum atomic E-state index is -0.568. The predicted octanol–water partition coefficient (Wildman–Crippen LogP) is 2.89. The van der Waals surface area contributed by atoms with E-state index in [1.54, 1.807) is 6.20 Å². The van der Waals surface area contributed by atoms with E-state index < -0.39 is 6.03 Å². The first-order valence-electron chi connectivity index (χ1n) is 6.80. The number of anilines is 1. The third kappa shape index (κ3) is 4.06. The zero-order chi connectivity index (χ0) is 15.4. The zero-order valence-electron chi connectivity index (χ0n) is 12.4. The third-order valence-electron chi connectivity index (χ3n) is 3.19. The number of amides is 2. The predicted molar refractivity (Wildman–Crippen MR) is 80.9 cm³/mol. The minimum absolute atomic E-state index is 0.0112. The van der Waals surface area contributed by atoms with Crippen molar-refractivity contribution < 1.29 is 9.21 Å². The molecule has 1 aromatic carbocycles. The number of nitrogens with zero attached hydrogens (tertiary/aromatic N) is 1. The van der Waals surface area contributed by atoms with Crippen molar-refractivity contribution in [1.82, 2.24) is 10.3 Å². The van der Waals surface area contributed by atoms with Crippen LogP contribution in [0.25, 0.3) is 0 Å². The Bertz CT molecular complexity index is 606. The van der Waals surface area contributed by atoms with Crippen molar-refractivity contribution in [2.24, 2.45) is 5.73 Å². The molecule has 2 amide bonds. The third-order valence-corrected chi connectivity index (χ3v) is 3.19. The van der Waals surface area contributed by atoms with Gasteiger partial charge < -0.3 is 15.5 Å². The maximum absolute atomic E-state index is 10.8. The molecule has 0 saturated carbocycles. The Morgan fingerprint density at radius 2 is 1.90 bits per heavy atom. The maximum Gasteiger partial charge on any atom is 0.316 e. The molecule has 2 rings (SSSR count). The summed E-state index contributed by atoms with van der Waals surface area (Å²) < 4.78 is 5.51. The average molecular weight is 288 g/mol. The minimum Gasteiger partial charge on any atom is -0.444 e. The summed E-state index contributed by atoms with van der Waals surface area (Å²) in [5.74, 6) is 1.47. The molecule has 1 heterocycles. The average Bonchev–Trinajstić information content (AvgIpc) is 2.85. The largest absolute Gasteiger partial charge is 0.444 e. The molecule has 0 aliphatic heterocycles. The molecule has 2 unspecified atom stereocenters. The van der Waals surface area contributed by atoms with Crippen LogP contribution < -0.4 is 16.4 Å². The standard InChI is InChI=1S/C15H20N4O2/c1-9-8-17-14(21-9)11(3)18-10(2)12-4-6-13(7-5-12)19-15(16)20/h4-8,10-11,18H,1-3H3,(H3,16,19,20). The fourth-order valence-corrected chi connectivity index (χ4v) is 2.11. The molecular weight excluding hydrogens is 268 g/mol. The fourth-order valence-electron chi connectivity index (χ4n) is 2.11. The van der Waals surface area contributed by atoms with E-state index in [0.717, 1.165) is 11.3 Å². The summed E-state index contributed by atoms with van der Waals surface area (Å²) in [6.07, 6.45) is 1.71. The van der Waals surface area contributed by atoms with Crippen molar-refractivity contribution in [1.29, 1.82) is 0 Å². The van der Waals surface area contributed by atoms with Crippen LogP contribution in [-0.2, 0) is 0 Å². The van der Waals surface area contributed by atoms with Crippen LogP contribution >= 0.6 is 0 Å². The fraction of sp³-hybridized carbons (Fsp3) is 0.333. The number of urea groups is 1. The lowest BCUT2D eigenvalue weighted by molar-refractivity contribution is 0.259. The highest BCUT2D eigenvalue weighted by Gasteiger charge is 2.15. The number of hydrogen-bond donors (Lipinski definition) is 3. The van der Waals surface area contributed by atoms with Crippen LogP contribution in [0.1, 0.15) is 43.1 Å². The van der Waals surface area contributed by atoms with Gasteiger partial charge in [-0.3, -0.25) is 5.32 Å². The molecule has 2 atom stereocenters. The lowest BCUT2D eigenvalue weighted by atomic mass is 10.1. The number of nitrogens with one attached hydrogen (secondary N) is 2. The summed E-state index contributed by atoms with van der Waals surface area (Å²) in [5.41, 5.74) is 6.85. The lowest BCUT2D eigenvalue weighted by Gasteiger charge is -2.18. The van der Waals surface area contributed by atoms with Gasteiger partial charge in [-0.15, -0.1) is 0 Å². The number of carbonyl (C=O) groups is 1. The second-order valence-corrected chi connectivity index (χ2v) is 5.03. The second-order valence-electron chi connectivity index (χ2n) is 5.03. The molecule has 0 radical (unpaired) electrons. The van der Waals surface area contributed by atoms with E-state index >= 15 is 0 Å². The molecule has 21 heavy (non-hydrogen) atoms. The number of oxazole rings is 1. The number of aromatic nitrogens is 1. The number of benzene rings is 1. The first-order valence-corrected chi connectivity index (χ1v) is 6.80. The molecule has 6 heteroatoms. The maximum atomic E-state index is 10.8. The van der Waals surface area contributed by atoms with E-state index in [-0.39, 0.29) is 12.1 Å². The van der Waals surface area contributed by atoms with E-state index in [1.807, 2.05) is 38.1 Å². The van der Waals surface area contributed by atoms with Crippen molar-refractivity contribution in [3.63, 3.8) is 0 Å². The van der Waals surface area contributed by atoms with Gasteiger partial charge in [0.1, 0.15) is 5.76 Å². The summed E-state index contributed by atoms with van der Waals surface area (Å²) in [7, 11) is 0. The highest BCUT2D eigenvalue weighted by Crippen LogP contribution is 2.20. The number of primary amides is 1. The smallest absolute Gasteiger partial charge is 0.316 e. The van der Waals surface area contributed by atoms with Crippen molar-refractivity contribution in [2.45, 2.75) is 32.9 Å². The zero-order valence-corrected chi connectivity index (χ0v) is 12.4. The highest BCUT2D eigenvalue weighted by molar-refractivity contribution is 5.87. The molecule has 2 aromatic rings. The van der Waals surface area contributed by atoms with Gasteiger partial charge in [0.25, 0.3) is 0 Å². The summed E-state index contributed by atoms with van der Waals surface area (Å²) >= 11 is 0. The topological polar surface area (TPSA) is 93.2 Å². The first kappa shape index (κ1) is 15.1. The van der Waals surface area contributed by atoms with E-state index in [2.05, 4.69) is 22.5 Å². The van der Waals surface area contributed by atoms with Crippen LogP contribution in [0.2, 0.25) is 0 Å². The normalized spacial score (nSPS) is 13.7. The molecular formula is C15H20N4O2. The Hall–Kier alpha value is -2.34. The number of rotatable bonds is 5. The van der Waals surface area contributed by atoms with Crippen LogP contribution in [0.5, 0.6) is 0 Å². The van der Waals surface area contributed by atoms with Gasteiger partial charge in [0.2, 0.25) is 5.89 Å². The molecule has 6 nitrogen and oxygen atoms in total. The van der Waals surface area contributed by atoms with Crippen LogP contribution in [0.15, 0.2) is 34.9 Å². The Morgan fingerprint density at radius 3 is 2.43 bits per heavy atom. The van der Waals surface area contributed by atoms with Gasteiger partial charge in [0.05, 0.1) is 12.2 Å². The van der Waals surface area contributed by atoms with Crippen molar-refractivity contribution in [3.8, 4) is 0 Å². The molecule has 4 N–H and O–H groups in total. The number of nitrogens with two attached hydrogens (primary N) is 1. The number of hydrogen-bond acceptors (Lipinski definition) is 4. The molecule has 0 fully saturated rings. The number of aryl methyl sites for hydroxylation is 1. The molecule has 112 valence electrons. The van der Waals surface area contributed by atoms with E-state index in [0.29, 0.717) is 11.6 Å². The number of carbonyl (C=O) groups excluding carboxylic acids is 1. The van der Waals surface area contributed by atoms with Crippen LogP contribution in [-0.4, -0.2) is 11.0 Å². The Kier molecular flexibility index (Phi) is 4.59. The summed E-state index contributed by atoms with van der Waals surface area (Å²) in [6.45, 7) is 5.94. The SMILES string of the molecule is Cc1cnc(C(C)NC(C)c2ccc(NC(N)=O)cc2)o1. The van der Waals surface area contributed by atoms with E-state index in [4.69, 9.17) is 10.2 Å². The van der Waals surface area contributed by atoms with Gasteiger partial charge in [-0.1, -0.05) is 12.1 Å². The monoisotopic (exact) mass is 288 g/mol. The molecule has 0 saturated heterocycles. The molecule has 1 aromatic heterocycles. The van der Waals surface area contributed by atoms with Crippen molar-refractivity contribution in [2.75, 3.05) is 5.32 Å². The molecule has 0 spiro atoms. The molecule has 0 aliphatic rings.